The number of hydrogen-bond acceptors (Lipinski definition) is 5. The van der Waals surface area contributed by atoms with Crippen LogP contribution in [0.4, 0.5) is 0 Å². The molecular weight excluding hydrogens is 248 g/mol. The molecule has 6 nitrogen and oxygen atoms in total. The molecule has 104 valence electrons. The molecule has 0 bridgehead atoms. The van der Waals surface area contributed by atoms with E-state index in [1.165, 1.54) is 0 Å². The first-order chi connectivity index (χ1) is 8.92. The van der Waals surface area contributed by atoms with Gasteiger partial charge in [-0.05, 0) is 27.7 Å². The van der Waals surface area contributed by atoms with Crippen molar-refractivity contribution in [3.8, 4) is 0 Å². The van der Waals surface area contributed by atoms with Gasteiger partial charge in [0.25, 0.3) is 5.78 Å². The molecule has 1 rings (SSSR count). The monoisotopic (exact) mass is 266 g/mol. The summed E-state index contributed by atoms with van der Waals surface area (Å²) in [6.07, 6.45) is 0.870. The van der Waals surface area contributed by atoms with Crippen LogP contribution in [0, 0.1) is 13.8 Å². The fraction of sp³-hybridized carbons (Fsp3) is 0.462. The van der Waals surface area contributed by atoms with Crippen molar-refractivity contribution in [1.29, 1.82) is 0 Å². The molecule has 0 atom stereocenters. The highest BCUT2D eigenvalue weighted by Gasteiger charge is 2.18. The van der Waals surface area contributed by atoms with Crippen LogP contribution in [0.3, 0.4) is 0 Å². The number of carbonyl (C=O) groups excluding carboxylic acids is 2. The van der Waals surface area contributed by atoms with Crippen LogP contribution in [0.1, 0.15) is 30.8 Å². The molecule has 0 aliphatic carbocycles. The molecule has 0 aromatic carbocycles. The van der Waals surface area contributed by atoms with Crippen LogP contribution < -0.4 is 0 Å². The molecule has 0 saturated heterocycles. The lowest BCUT2D eigenvalue weighted by Crippen LogP contribution is -2.15. The quantitative estimate of drug-likeness (QED) is 0.378. The van der Waals surface area contributed by atoms with Gasteiger partial charge in [0.15, 0.2) is 0 Å². The molecule has 0 amide bonds. The van der Waals surface area contributed by atoms with E-state index in [0.29, 0.717) is 17.8 Å². The highest BCUT2D eigenvalue weighted by atomic mass is 16.5. The predicted molar refractivity (Wildman–Crippen MR) is 69.6 cm³/mol. The summed E-state index contributed by atoms with van der Waals surface area (Å²) in [5.41, 5.74) is 1.81. The molecule has 1 N–H and O–H groups in total. The van der Waals surface area contributed by atoms with E-state index in [9.17, 15) is 14.7 Å². The molecule has 0 saturated carbocycles. The minimum Gasteiger partial charge on any atom is -0.507 e. The Kier molecular flexibility index (Phi) is 4.86. The minimum atomic E-state index is -0.979. The smallest absolute Gasteiger partial charge is 0.379 e. The lowest BCUT2D eigenvalue weighted by atomic mass is 10.1. The Labute approximate surface area is 111 Å². The third kappa shape index (κ3) is 3.21. The molecule has 0 aliphatic heterocycles. The van der Waals surface area contributed by atoms with Gasteiger partial charge < -0.3 is 9.84 Å². The Bertz CT molecular complexity index is 529. The van der Waals surface area contributed by atoms with Crippen molar-refractivity contribution in [2.75, 3.05) is 6.61 Å². The molecule has 0 fully saturated rings. The zero-order chi connectivity index (χ0) is 14.6. The summed E-state index contributed by atoms with van der Waals surface area (Å²) in [6, 6.07) is 0. The van der Waals surface area contributed by atoms with Gasteiger partial charge >= 0.3 is 5.97 Å². The molecule has 0 unspecified atom stereocenters. The van der Waals surface area contributed by atoms with Gasteiger partial charge in [0.1, 0.15) is 5.76 Å². The molecule has 0 radical (unpaired) electrons. The second kappa shape index (κ2) is 6.17. The van der Waals surface area contributed by atoms with Crippen LogP contribution in [0.25, 0.3) is 5.76 Å². The van der Waals surface area contributed by atoms with Gasteiger partial charge in [-0.3, -0.25) is 9.48 Å². The van der Waals surface area contributed by atoms with Crippen molar-refractivity contribution in [2.45, 2.75) is 34.2 Å². The van der Waals surface area contributed by atoms with Crippen molar-refractivity contribution >= 4 is 17.5 Å². The maximum atomic E-state index is 11.5. The first-order valence-corrected chi connectivity index (χ1v) is 6.08. The first kappa shape index (κ1) is 14.9. The third-order valence-electron chi connectivity index (χ3n) is 2.68. The summed E-state index contributed by atoms with van der Waals surface area (Å²) < 4.78 is 6.27. The van der Waals surface area contributed by atoms with Gasteiger partial charge in [-0.1, -0.05) is 0 Å². The van der Waals surface area contributed by atoms with Gasteiger partial charge in [0.2, 0.25) is 0 Å². The van der Waals surface area contributed by atoms with Gasteiger partial charge in [-0.25, -0.2) is 4.79 Å². The van der Waals surface area contributed by atoms with E-state index >= 15 is 0 Å². The molecule has 0 aliphatic rings. The summed E-state index contributed by atoms with van der Waals surface area (Å²) in [7, 11) is 0. The molecule has 1 aromatic heterocycles. The average molecular weight is 266 g/mol. The van der Waals surface area contributed by atoms with Crippen LogP contribution in [0.2, 0.25) is 0 Å². The van der Waals surface area contributed by atoms with E-state index < -0.39 is 11.8 Å². The number of esters is 1. The van der Waals surface area contributed by atoms with Crippen molar-refractivity contribution in [1.82, 2.24) is 9.78 Å². The number of ether oxygens (including phenoxy) is 1. The van der Waals surface area contributed by atoms with Gasteiger partial charge in [-0.2, -0.15) is 5.10 Å². The SMILES string of the molecule is CCOC(=O)C(=O)C=C(O)c1c(C)nn(CC)c1C. The van der Waals surface area contributed by atoms with Crippen LogP contribution in [-0.2, 0) is 20.9 Å². The highest BCUT2D eigenvalue weighted by Crippen LogP contribution is 2.20. The summed E-state index contributed by atoms with van der Waals surface area (Å²) in [6.45, 7) is 7.82. The fourth-order valence-corrected chi connectivity index (χ4v) is 1.83. The maximum absolute atomic E-state index is 11.5. The van der Waals surface area contributed by atoms with E-state index in [4.69, 9.17) is 0 Å². The van der Waals surface area contributed by atoms with Crippen LogP contribution in [0.5, 0.6) is 0 Å². The molecule has 1 aromatic rings. The van der Waals surface area contributed by atoms with Crippen molar-refractivity contribution in [2.24, 2.45) is 0 Å². The Morgan fingerprint density at radius 3 is 2.47 bits per heavy atom. The molecule has 0 spiro atoms. The predicted octanol–water partition coefficient (Wildman–Crippen LogP) is 1.55. The maximum Gasteiger partial charge on any atom is 0.379 e. The van der Waals surface area contributed by atoms with Crippen molar-refractivity contribution in [3.63, 3.8) is 0 Å². The second-order valence-electron chi connectivity index (χ2n) is 3.98. The number of hydrogen-bond donors (Lipinski definition) is 1. The standard InChI is InChI=1S/C13H18N2O4/c1-5-15-9(4)12(8(3)14-15)10(16)7-11(17)13(18)19-6-2/h7,16H,5-6H2,1-4H3. The van der Waals surface area contributed by atoms with Crippen LogP contribution in [-0.4, -0.2) is 33.2 Å². The van der Waals surface area contributed by atoms with E-state index in [1.807, 2.05) is 6.92 Å². The summed E-state index contributed by atoms with van der Waals surface area (Å²) in [5.74, 6) is -2.14. The van der Waals surface area contributed by atoms with E-state index in [0.717, 1.165) is 11.8 Å². The largest absolute Gasteiger partial charge is 0.507 e. The number of aryl methyl sites for hydroxylation is 2. The molecule has 19 heavy (non-hydrogen) atoms. The normalized spacial score (nSPS) is 11.5. The van der Waals surface area contributed by atoms with E-state index in [1.54, 1.807) is 25.5 Å². The number of aromatic nitrogens is 2. The van der Waals surface area contributed by atoms with E-state index in [2.05, 4.69) is 9.84 Å². The van der Waals surface area contributed by atoms with Crippen molar-refractivity contribution < 1.29 is 19.4 Å². The zero-order valence-corrected chi connectivity index (χ0v) is 11.6. The first-order valence-electron chi connectivity index (χ1n) is 6.08. The summed E-state index contributed by atoms with van der Waals surface area (Å²) in [5, 5.41) is 14.2. The minimum absolute atomic E-state index is 0.116. The number of carbonyl (C=O) groups is 2. The summed E-state index contributed by atoms with van der Waals surface area (Å²) in [4.78, 5) is 22.7. The molecular formula is C13H18N2O4. The lowest BCUT2D eigenvalue weighted by Gasteiger charge is -2.02. The second-order valence-corrected chi connectivity index (χ2v) is 3.98. The Hall–Kier alpha value is -2.11. The number of rotatable bonds is 5. The number of nitrogens with zero attached hydrogens (tertiary/aromatic N) is 2. The Morgan fingerprint density at radius 1 is 1.37 bits per heavy atom. The van der Waals surface area contributed by atoms with E-state index in [-0.39, 0.29) is 12.4 Å². The number of aliphatic hydroxyl groups excluding tert-OH is 1. The highest BCUT2D eigenvalue weighted by molar-refractivity contribution is 6.39. The number of ketones is 1. The van der Waals surface area contributed by atoms with Gasteiger partial charge in [0, 0.05) is 18.3 Å². The fourth-order valence-electron chi connectivity index (χ4n) is 1.83. The Morgan fingerprint density at radius 2 is 2.00 bits per heavy atom. The zero-order valence-electron chi connectivity index (χ0n) is 11.6. The van der Waals surface area contributed by atoms with Gasteiger partial charge in [0.05, 0.1) is 17.9 Å². The molecule has 6 heteroatoms. The number of aliphatic hydroxyl groups is 1. The lowest BCUT2D eigenvalue weighted by molar-refractivity contribution is -0.151. The van der Waals surface area contributed by atoms with Crippen LogP contribution >= 0.6 is 0 Å². The Balaban J connectivity index is 3.06. The van der Waals surface area contributed by atoms with Gasteiger partial charge in [-0.15, -0.1) is 0 Å². The third-order valence-corrected chi connectivity index (χ3v) is 2.68. The topological polar surface area (TPSA) is 81.4 Å². The van der Waals surface area contributed by atoms with Crippen LogP contribution in [0.15, 0.2) is 6.08 Å². The summed E-state index contributed by atoms with van der Waals surface area (Å²) >= 11 is 0. The average Bonchev–Trinajstić information content (AvgIpc) is 2.64. The van der Waals surface area contributed by atoms with Crippen molar-refractivity contribution in [3.05, 3.63) is 23.0 Å². The molecule has 1 heterocycles.